The highest BCUT2D eigenvalue weighted by molar-refractivity contribution is 8.14. The summed E-state index contributed by atoms with van der Waals surface area (Å²) in [6.07, 6.45) is 0.775. The van der Waals surface area contributed by atoms with Gasteiger partial charge < -0.3 is 9.47 Å². The molecule has 0 aromatic heterocycles. The van der Waals surface area contributed by atoms with Crippen LogP contribution in [0.25, 0.3) is 0 Å². The number of sulfone groups is 2. The first kappa shape index (κ1) is 19.0. The molecule has 0 amide bonds. The van der Waals surface area contributed by atoms with Gasteiger partial charge in [-0.2, -0.15) is 0 Å². The zero-order chi connectivity index (χ0) is 18.5. The highest BCUT2D eigenvalue weighted by Gasteiger charge is 2.34. The molecule has 2 aromatic rings. The van der Waals surface area contributed by atoms with Gasteiger partial charge in [0.05, 0.1) is 23.5 Å². The molecule has 2 rings (SSSR count). The van der Waals surface area contributed by atoms with Crippen LogP contribution in [0.15, 0.2) is 74.9 Å². The van der Waals surface area contributed by atoms with Gasteiger partial charge in [0.15, 0.2) is 0 Å². The number of hydrogen-bond donors (Lipinski definition) is 0. The first-order valence-corrected chi connectivity index (χ1v) is 10.3. The Kier molecular flexibility index (Phi) is 5.86. The summed E-state index contributed by atoms with van der Waals surface area (Å²) in [7, 11) is -7.24. The Morgan fingerprint density at radius 1 is 0.920 bits per heavy atom. The summed E-state index contributed by atoms with van der Waals surface area (Å²) in [6.45, 7) is 1.75. The molecular formula is C17H18O6S2. The Bertz CT molecular complexity index is 961. The second-order valence-corrected chi connectivity index (χ2v) is 8.99. The lowest BCUT2D eigenvalue weighted by molar-refractivity contribution is 0.269. The zero-order valence-electron chi connectivity index (χ0n) is 13.7. The first-order chi connectivity index (χ1) is 11.8. The van der Waals surface area contributed by atoms with Gasteiger partial charge in [0.2, 0.25) is 23.9 Å². The monoisotopic (exact) mass is 382 g/mol. The minimum atomic E-state index is -4.34. The van der Waals surface area contributed by atoms with E-state index in [-0.39, 0.29) is 16.4 Å². The van der Waals surface area contributed by atoms with Gasteiger partial charge in [0.25, 0.3) is 0 Å². The molecule has 0 heterocycles. The second-order valence-electron chi connectivity index (χ2n) is 4.89. The smallest absolute Gasteiger partial charge is 0.221 e. The van der Waals surface area contributed by atoms with E-state index in [0.717, 1.165) is 6.26 Å². The third-order valence-electron chi connectivity index (χ3n) is 3.28. The van der Waals surface area contributed by atoms with Crippen molar-refractivity contribution in [1.29, 1.82) is 0 Å². The molecule has 0 saturated heterocycles. The van der Waals surface area contributed by atoms with E-state index in [1.165, 1.54) is 49.6 Å². The molecule has 25 heavy (non-hydrogen) atoms. The predicted octanol–water partition coefficient (Wildman–Crippen LogP) is 2.78. The highest BCUT2D eigenvalue weighted by Crippen LogP contribution is 2.30. The van der Waals surface area contributed by atoms with Crippen molar-refractivity contribution in [3.63, 3.8) is 0 Å². The lowest BCUT2D eigenvalue weighted by Crippen LogP contribution is -2.16. The molecule has 0 aliphatic heterocycles. The molecule has 8 heteroatoms. The van der Waals surface area contributed by atoms with Crippen molar-refractivity contribution in [2.75, 3.05) is 13.7 Å². The molecule has 0 atom stereocenters. The first-order valence-electron chi connectivity index (χ1n) is 7.35. The van der Waals surface area contributed by atoms with Gasteiger partial charge in [-0.3, -0.25) is 0 Å². The minimum absolute atomic E-state index is 0.126. The number of ether oxygens (including phenoxy) is 2. The second kappa shape index (κ2) is 7.71. The Morgan fingerprint density at radius 3 is 2.12 bits per heavy atom. The van der Waals surface area contributed by atoms with E-state index in [4.69, 9.17) is 9.47 Å². The molecule has 0 fully saturated rings. The summed E-state index contributed by atoms with van der Waals surface area (Å²) in [5.41, 5.74) is 0. The summed E-state index contributed by atoms with van der Waals surface area (Å²) in [4.78, 5) is -0.329. The molecule has 0 spiro atoms. The highest BCUT2D eigenvalue weighted by atomic mass is 32.3. The molecule has 0 saturated carbocycles. The molecule has 0 radical (unpaired) electrons. The van der Waals surface area contributed by atoms with Crippen molar-refractivity contribution in [3.8, 4) is 5.75 Å². The van der Waals surface area contributed by atoms with Crippen LogP contribution in [0.1, 0.15) is 6.92 Å². The fourth-order valence-electron chi connectivity index (χ4n) is 2.02. The van der Waals surface area contributed by atoms with Gasteiger partial charge in [0, 0.05) is 0 Å². The summed E-state index contributed by atoms with van der Waals surface area (Å²) in [6, 6.07) is 12.9. The Labute approximate surface area is 147 Å². The van der Waals surface area contributed by atoms with E-state index in [1.807, 2.05) is 0 Å². The number of methoxy groups -OCH3 is 1. The van der Waals surface area contributed by atoms with Crippen LogP contribution in [-0.2, 0) is 24.4 Å². The van der Waals surface area contributed by atoms with E-state index in [0.29, 0.717) is 5.75 Å². The van der Waals surface area contributed by atoms with Gasteiger partial charge >= 0.3 is 0 Å². The van der Waals surface area contributed by atoms with Crippen LogP contribution >= 0.6 is 0 Å². The minimum Gasteiger partial charge on any atom is -0.499 e. The number of benzene rings is 2. The van der Waals surface area contributed by atoms with Crippen molar-refractivity contribution in [2.24, 2.45) is 0 Å². The lowest BCUT2D eigenvalue weighted by Gasteiger charge is -2.11. The average Bonchev–Trinajstić information content (AvgIpc) is 2.62. The molecule has 0 unspecified atom stereocenters. The topological polar surface area (TPSA) is 86.7 Å². The summed E-state index contributed by atoms with van der Waals surface area (Å²) in [5.74, 6) is 0.300. The van der Waals surface area contributed by atoms with Gasteiger partial charge in [-0.15, -0.1) is 0 Å². The fraction of sp³-hybridized carbons (Fsp3) is 0.176. The molecule has 134 valence electrons. The standard InChI is InChI=1S/C17H18O6S2/c1-3-23-13-17(24(18,19)15-9-5-4-6-10-15)25(20,21)16-11-7-8-14(12-16)22-2/h4-13H,3H2,1-2H3. The van der Waals surface area contributed by atoms with Crippen LogP contribution in [0.4, 0.5) is 0 Å². The van der Waals surface area contributed by atoms with Crippen molar-refractivity contribution in [3.05, 3.63) is 65.1 Å². The summed E-state index contributed by atoms with van der Waals surface area (Å²) >= 11 is 0. The summed E-state index contributed by atoms with van der Waals surface area (Å²) < 4.78 is 60.8. The molecule has 0 aliphatic carbocycles. The van der Waals surface area contributed by atoms with Gasteiger partial charge in [-0.05, 0) is 37.3 Å². The summed E-state index contributed by atoms with van der Waals surface area (Å²) in [5, 5.41) is 0. The fourth-order valence-corrected chi connectivity index (χ4v) is 5.65. The number of rotatable bonds is 7. The molecule has 6 nitrogen and oxygen atoms in total. The van der Waals surface area contributed by atoms with Crippen LogP contribution < -0.4 is 4.74 Å². The van der Waals surface area contributed by atoms with Crippen molar-refractivity contribution < 1.29 is 26.3 Å². The molecule has 2 aromatic carbocycles. The maximum absolute atomic E-state index is 12.9. The Morgan fingerprint density at radius 2 is 1.52 bits per heavy atom. The lowest BCUT2D eigenvalue weighted by atomic mass is 10.3. The molecule has 0 bridgehead atoms. The Hall–Kier alpha value is -2.32. The molecule has 0 N–H and O–H groups in total. The predicted molar refractivity (Wildman–Crippen MR) is 93.5 cm³/mol. The largest absolute Gasteiger partial charge is 0.499 e. The van der Waals surface area contributed by atoms with Crippen molar-refractivity contribution >= 4 is 19.7 Å². The van der Waals surface area contributed by atoms with Crippen LogP contribution in [-0.4, -0.2) is 30.6 Å². The zero-order valence-corrected chi connectivity index (χ0v) is 15.4. The SMILES string of the molecule is CCOC=C(S(=O)(=O)c1ccccc1)S(=O)(=O)c1cccc(OC)c1. The third-order valence-corrected chi connectivity index (χ3v) is 7.62. The third kappa shape index (κ3) is 4.02. The van der Waals surface area contributed by atoms with Gasteiger partial charge in [0.1, 0.15) is 12.0 Å². The number of hydrogen-bond acceptors (Lipinski definition) is 6. The van der Waals surface area contributed by atoms with E-state index >= 15 is 0 Å². The van der Waals surface area contributed by atoms with Crippen molar-refractivity contribution in [2.45, 2.75) is 16.7 Å². The van der Waals surface area contributed by atoms with E-state index in [9.17, 15) is 16.8 Å². The van der Waals surface area contributed by atoms with Crippen LogP contribution in [0.3, 0.4) is 0 Å². The molecular weight excluding hydrogens is 364 g/mol. The van der Waals surface area contributed by atoms with E-state index in [1.54, 1.807) is 19.1 Å². The van der Waals surface area contributed by atoms with E-state index in [2.05, 4.69) is 0 Å². The Balaban J connectivity index is 2.65. The van der Waals surface area contributed by atoms with Crippen molar-refractivity contribution in [1.82, 2.24) is 0 Å². The van der Waals surface area contributed by atoms with Crippen LogP contribution in [0.2, 0.25) is 0 Å². The van der Waals surface area contributed by atoms with Crippen LogP contribution in [0.5, 0.6) is 5.75 Å². The maximum atomic E-state index is 12.9. The van der Waals surface area contributed by atoms with Gasteiger partial charge in [-0.1, -0.05) is 24.3 Å². The maximum Gasteiger partial charge on any atom is 0.221 e. The molecule has 0 aliphatic rings. The normalized spacial score (nSPS) is 12.6. The van der Waals surface area contributed by atoms with Gasteiger partial charge in [-0.25, -0.2) is 16.8 Å². The quantitative estimate of drug-likeness (QED) is 0.685. The van der Waals surface area contributed by atoms with E-state index < -0.39 is 23.9 Å². The average molecular weight is 382 g/mol. The van der Waals surface area contributed by atoms with Crippen LogP contribution in [0, 0.1) is 0 Å².